The van der Waals surface area contributed by atoms with Gasteiger partial charge in [0.05, 0.1) is 30.4 Å². The van der Waals surface area contributed by atoms with E-state index in [0.29, 0.717) is 32.5 Å². The minimum atomic E-state index is 0.0923. The molecule has 6 heteroatoms. The molecule has 2 rings (SSSR count). The van der Waals surface area contributed by atoms with Gasteiger partial charge in [0.25, 0.3) is 0 Å². The number of aryl methyl sites for hydroxylation is 1. The van der Waals surface area contributed by atoms with E-state index < -0.39 is 0 Å². The van der Waals surface area contributed by atoms with E-state index in [1.54, 1.807) is 25.3 Å². The Morgan fingerprint density at radius 2 is 2.08 bits per heavy atom. The molecule has 0 aliphatic rings. The maximum absolute atomic E-state index is 12.6. The van der Waals surface area contributed by atoms with Gasteiger partial charge >= 0.3 is 0 Å². The number of halogens is 1. The molecule has 0 saturated carbocycles. The molecule has 0 saturated heterocycles. The van der Waals surface area contributed by atoms with Gasteiger partial charge < -0.3 is 14.4 Å². The number of hydrogen-bond donors (Lipinski definition) is 0. The summed E-state index contributed by atoms with van der Waals surface area (Å²) < 4.78 is 11.3. The molecule has 0 aliphatic heterocycles. The Labute approximate surface area is 157 Å². The average Bonchev–Trinajstić information content (AvgIpc) is 2.64. The Balaban J connectivity index is 1.97. The van der Waals surface area contributed by atoms with Gasteiger partial charge in [-0.25, -0.2) is 0 Å². The first-order valence-corrected chi connectivity index (χ1v) is 8.92. The Hall–Kier alpha value is -1.92. The molecule has 0 aliphatic carbocycles. The maximum Gasteiger partial charge on any atom is 0.223 e. The minimum Gasteiger partial charge on any atom is -0.496 e. The van der Waals surface area contributed by atoms with E-state index in [9.17, 15) is 4.79 Å². The van der Waals surface area contributed by atoms with Crippen LogP contribution in [0.2, 0.25) is 0 Å². The predicted molar refractivity (Wildman–Crippen MR) is 101 cm³/mol. The van der Waals surface area contributed by atoms with Crippen molar-refractivity contribution in [2.24, 2.45) is 0 Å². The number of methoxy groups -OCH3 is 2. The van der Waals surface area contributed by atoms with Crippen LogP contribution in [-0.4, -0.2) is 43.2 Å². The molecule has 0 N–H and O–H groups in total. The number of pyridine rings is 1. The topological polar surface area (TPSA) is 51.7 Å². The van der Waals surface area contributed by atoms with Crippen molar-refractivity contribution in [2.45, 2.75) is 19.4 Å². The van der Waals surface area contributed by atoms with Gasteiger partial charge in [-0.05, 0) is 52.2 Å². The lowest BCUT2D eigenvalue weighted by atomic mass is 10.1. The fourth-order valence-electron chi connectivity index (χ4n) is 2.46. The zero-order valence-electron chi connectivity index (χ0n) is 14.6. The second-order valence-corrected chi connectivity index (χ2v) is 6.45. The molecule has 1 aromatic heterocycles. The van der Waals surface area contributed by atoms with Gasteiger partial charge in [-0.15, -0.1) is 0 Å². The highest BCUT2D eigenvalue weighted by Gasteiger charge is 2.15. The lowest BCUT2D eigenvalue weighted by Gasteiger charge is -2.22. The maximum atomic E-state index is 12.6. The molecule has 0 spiro atoms. The average molecular weight is 407 g/mol. The summed E-state index contributed by atoms with van der Waals surface area (Å²) in [6.45, 7) is 1.56. The Morgan fingerprint density at radius 1 is 1.24 bits per heavy atom. The van der Waals surface area contributed by atoms with Crippen LogP contribution in [0.1, 0.15) is 17.7 Å². The monoisotopic (exact) mass is 406 g/mol. The number of amides is 1. The molecular formula is C19H23BrN2O3. The number of ether oxygens (including phenoxy) is 2. The number of carbonyl (C=O) groups is 1. The third-order valence-electron chi connectivity index (χ3n) is 3.84. The number of nitrogens with zero attached hydrogens (tertiary/aromatic N) is 2. The van der Waals surface area contributed by atoms with Crippen LogP contribution in [0.3, 0.4) is 0 Å². The highest BCUT2D eigenvalue weighted by Crippen LogP contribution is 2.26. The highest BCUT2D eigenvalue weighted by molar-refractivity contribution is 9.10. The molecule has 1 amide bonds. The number of aromatic nitrogens is 1. The van der Waals surface area contributed by atoms with Gasteiger partial charge in [-0.1, -0.05) is 12.1 Å². The standard InChI is InChI=1S/C19H23BrN2O3/c1-24-12-11-22(14-16-5-3-4-10-21-16)19(23)9-7-15-6-8-18(25-2)17(20)13-15/h3-6,8,10,13H,7,9,11-12,14H2,1-2H3. The summed E-state index contributed by atoms with van der Waals surface area (Å²) in [6, 6.07) is 11.6. The van der Waals surface area contributed by atoms with Crippen LogP contribution >= 0.6 is 15.9 Å². The van der Waals surface area contributed by atoms with E-state index in [1.165, 1.54) is 0 Å². The Kier molecular flexibility index (Phi) is 7.88. The largest absolute Gasteiger partial charge is 0.496 e. The van der Waals surface area contributed by atoms with E-state index >= 15 is 0 Å². The van der Waals surface area contributed by atoms with E-state index in [1.807, 2.05) is 36.4 Å². The fraction of sp³-hybridized carbons (Fsp3) is 0.368. The quantitative estimate of drug-likeness (QED) is 0.639. The van der Waals surface area contributed by atoms with E-state index in [-0.39, 0.29) is 5.91 Å². The van der Waals surface area contributed by atoms with E-state index in [0.717, 1.165) is 21.5 Å². The summed E-state index contributed by atoms with van der Waals surface area (Å²) in [7, 11) is 3.27. The first-order valence-electron chi connectivity index (χ1n) is 8.13. The van der Waals surface area contributed by atoms with Crippen LogP contribution in [0.4, 0.5) is 0 Å². The second kappa shape index (κ2) is 10.2. The van der Waals surface area contributed by atoms with Gasteiger partial charge in [0.15, 0.2) is 0 Å². The van der Waals surface area contributed by atoms with Crippen LogP contribution in [0.25, 0.3) is 0 Å². The molecule has 2 aromatic rings. The molecule has 0 radical (unpaired) electrons. The molecular weight excluding hydrogens is 384 g/mol. The molecule has 0 atom stereocenters. The van der Waals surface area contributed by atoms with Crippen molar-refractivity contribution in [1.29, 1.82) is 0 Å². The van der Waals surface area contributed by atoms with E-state index in [4.69, 9.17) is 9.47 Å². The van der Waals surface area contributed by atoms with Gasteiger partial charge in [0.1, 0.15) is 5.75 Å². The zero-order valence-corrected chi connectivity index (χ0v) is 16.2. The third-order valence-corrected chi connectivity index (χ3v) is 4.46. The summed E-state index contributed by atoms with van der Waals surface area (Å²) in [5, 5.41) is 0. The van der Waals surface area contributed by atoms with Crippen LogP contribution in [-0.2, 0) is 22.5 Å². The molecule has 0 bridgehead atoms. The van der Waals surface area contributed by atoms with Crippen molar-refractivity contribution < 1.29 is 14.3 Å². The smallest absolute Gasteiger partial charge is 0.223 e. The van der Waals surface area contributed by atoms with Gasteiger partial charge in [-0.2, -0.15) is 0 Å². The number of carbonyl (C=O) groups excluding carboxylic acids is 1. The SMILES string of the molecule is COCCN(Cc1ccccn1)C(=O)CCc1ccc(OC)c(Br)c1. The van der Waals surface area contributed by atoms with Gasteiger partial charge in [-0.3, -0.25) is 9.78 Å². The van der Waals surface area contributed by atoms with Crippen molar-refractivity contribution in [3.05, 3.63) is 58.3 Å². The first-order chi connectivity index (χ1) is 12.1. The van der Waals surface area contributed by atoms with Crippen LogP contribution in [0.15, 0.2) is 47.1 Å². The molecule has 5 nitrogen and oxygen atoms in total. The molecule has 1 heterocycles. The summed E-state index contributed by atoms with van der Waals surface area (Å²) in [4.78, 5) is 18.7. The molecule has 25 heavy (non-hydrogen) atoms. The zero-order chi connectivity index (χ0) is 18.1. The number of hydrogen-bond acceptors (Lipinski definition) is 4. The van der Waals surface area contributed by atoms with Crippen LogP contribution < -0.4 is 4.74 Å². The first kappa shape index (κ1) is 19.4. The lowest BCUT2D eigenvalue weighted by Crippen LogP contribution is -2.33. The molecule has 0 unspecified atom stereocenters. The third kappa shape index (κ3) is 6.14. The minimum absolute atomic E-state index is 0.0923. The highest BCUT2D eigenvalue weighted by atomic mass is 79.9. The van der Waals surface area contributed by atoms with Gasteiger partial charge in [0.2, 0.25) is 5.91 Å². The van der Waals surface area contributed by atoms with Crippen LogP contribution in [0.5, 0.6) is 5.75 Å². The van der Waals surface area contributed by atoms with Crippen molar-refractivity contribution in [2.75, 3.05) is 27.4 Å². The van der Waals surface area contributed by atoms with Crippen molar-refractivity contribution in [1.82, 2.24) is 9.88 Å². The molecule has 0 fully saturated rings. The van der Waals surface area contributed by atoms with Crippen molar-refractivity contribution >= 4 is 21.8 Å². The normalized spacial score (nSPS) is 10.5. The van der Waals surface area contributed by atoms with E-state index in [2.05, 4.69) is 20.9 Å². The molecule has 134 valence electrons. The Morgan fingerprint density at radius 3 is 2.72 bits per heavy atom. The van der Waals surface area contributed by atoms with Crippen LogP contribution in [0, 0.1) is 0 Å². The van der Waals surface area contributed by atoms with Gasteiger partial charge in [0, 0.05) is 26.3 Å². The summed E-state index contributed by atoms with van der Waals surface area (Å²) >= 11 is 3.48. The predicted octanol–water partition coefficient (Wildman–Crippen LogP) is 3.46. The fourth-order valence-corrected chi connectivity index (χ4v) is 3.04. The Bertz CT molecular complexity index is 680. The summed E-state index contributed by atoms with van der Waals surface area (Å²) in [6.07, 6.45) is 2.85. The molecule has 1 aromatic carbocycles. The van der Waals surface area contributed by atoms with Crippen molar-refractivity contribution in [3.63, 3.8) is 0 Å². The van der Waals surface area contributed by atoms with Crippen molar-refractivity contribution in [3.8, 4) is 5.75 Å². The summed E-state index contributed by atoms with van der Waals surface area (Å²) in [5.41, 5.74) is 1.96. The number of benzene rings is 1. The lowest BCUT2D eigenvalue weighted by molar-refractivity contribution is -0.132. The summed E-state index contributed by atoms with van der Waals surface area (Å²) in [5.74, 6) is 0.876. The number of rotatable bonds is 9. The second-order valence-electron chi connectivity index (χ2n) is 5.60.